The van der Waals surface area contributed by atoms with Crippen molar-refractivity contribution in [1.82, 2.24) is 0 Å². The number of aryl methyl sites for hydroxylation is 1. The maximum atomic E-state index is 12.3. The first kappa shape index (κ1) is 21.7. The third-order valence-corrected chi connectivity index (χ3v) is 4.13. The summed E-state index contributed by atoms with van der Waals surface area (Å²) in [5, 5.41) is 13.6. The number of rotatable bonds is 9. The number of carbonyl (C=O) groups is 2. The second-order valence-corrected chi connectivity index (χ2v) is 6.07. The Labute approximate surface area is 167 Å². The number of ether oxygens (including phenoxy) is 3. The van der Waals surface area contributed by atoms with Gasteiger partial charge >= 0.3 is 5.97 Å². The van der Waals surface area contributed by atoms with Crippen molar-refractivity contribution in [2.75, 3.05) is 19.5 Å². The number of para-hydroxylation sites is 1. The van der Waals surface area contributed by atoms with Crippen molar-refractivity contribution in [3.63, 3.8) is 0 Å². The van der Waals surface area contributed by atoms with Gasteiger partial charge in [-0.15, -0.1) is 0 Å². The average molecular weight is 402 g/mol. The van der Waals surface area contributed by atoms with Gasteiger partial charge in [0.2, 0.25) is 0 Å². The minimum Gasteiger partial charge on any atom is -0.496 e. The first-order valence-electron chi connectivity index (χ1n) is 8.80. The monoisotopic (exact) mass is 402 g/mol. The number of amides is 1. The molecule has 29 heavy (non-hydrogen) atoms. The SMILES string of the molecule is COc1ccc(NC(=O)[C@@H](C)OC(=O)CCc2ccccc2OC)c([N+](=O)[O-])c1. The van der Waals surface area contributed by atoms with Gasteiger partial charge in [0.05, 0.1) is 25.2 Å². The zero-order valence-electron chi connectivity index (χ0n) is 16.3. The zero-order valence-corrected chi connectivity index (χ0v) is 16.3. The van der Waals surface area contributed by atoms with E-state index in [9.17, 15) is 19.7 Å². The summed E-state index contributed by atoms with van der Waals surface area (Å²) in [6.45, 7) is 1.39. The minimum absolute atomic E-state index is 0.0160. The van der Waals surface area contributed by atoms with Crippen LogP contribution in [0.3, 0.4) is 0 Å². The van der Waals surface area contributed by atoms with Crippen molar-refractivity contribution in [1.29, 1.82) is 0 Å². The quantitative estimate of drug-likeness (QED) is 0.389. The van der Waals surface area contributed by atoms with Crippen LogP contribution in [0.15, 0.2) is 42.5 Å². The van der Waals surface area contributed by atoms with Crippen molar-refractivity contribution >= 4 is 23.3 Å². The van der Waals surface area contributed by atoms with Crippen LogP contribution in [0.2, 0.25) is 0 Å². The highest BCUT2D eigenvalue weighted by Crippen LogP contribution is 2.29. The Balaban J connectivity index is 1.95. The first-order chi connectivity index (χ1) is 13.8. The number of nitro benzene ring substituents is 1. The van der Waals surface area contributed by atoms with E-state index in [2.05, 4.69) is 5.32 Å². The molecule has 0 unspecified atom stereocenters. The maximum absolute atomic E-state index is 12.3. The summed E-state index contributed by atoms with van der Waals surface area (Å²) in [7, 11) is 2.92. The molecule has 0 saturated carbocycles. The molecule has 0 fully saturated rings. The Hall–Kier alpha value is -3.62. The Morgan fingerprint density at radius 3 is 2.52 bits per heavy atom. The summed E-state index contributed by atoms with van der Waals surface area (Å²) in [4.78, 5) is 34.9. The second-order valence-electron chi connectivity index (χ2n) is 6.07. The largest absolute Gasteiger partial charge is 0.496 e. The topological polar surface area (TPSA) is 117 Å². The Bertz CT molecular complexity index is 898. The minimum atomic E-state index is -1.12. The lowest BCUT2D eigenvalue weighted by atomic mass is 10.1. The van der Waals surface area contributed by atoms with Gasteiger partial charge in [0.1, 0.15) is 17.2 Å². The number of nitro groups is 1. The lowest BCUT2D eigenvalue weighted by Gasteiger charge is -2.14. The predicted octanol–water partition coefficient (Wildman–Crippen LogP) is 3.12. The molecule has 0 saturated heterocycles. The molecule has 0 spiro atoms. The zero-order chi connectivity index (χ0) is 21.4. The third kappa shape index (κ3) is 5.93. The molecule has 0 bridgehead atoms. The molecule has 154 valence electrons. The van der Waals surface area contributed by atoms with Gasteiger partial charge in [0, 0.05) is 6.42 Å². The van der Waals surface area contributed by atoms with Gasteiger partial charge < -0.3 is 19.5 Å². The molecule has 1 N–H and O–H groups in total. The van der Waals surface area contributed by atoms with Gasteiger partial charge in [-0.25, -0.2) is 0 Å². The van der Waals surface area contributed by atoms with E-state index in [1.807, 2.05) is 18.2 Å². The molecule has 1 atom stereocenters. The van der Waals surface area contributed by atoms with Gasteiger partial charge in [-0.1, -0.05) is 18.2 Å². The standard InChI is InChI=1S/C20H22N2O7/c1-13(29-19(23)11-8-14-6-4-5-7-18(14)28-3)20(24)21-16-10-9-15(27-2)12-17(16)22(25)26/h4-7,9-10,12-13H,8,11H2,1-3H3,(H,21,24)/t13-/m1/s1. The summed E-state index contributed by atoms with van der Waals surface area (Å²) >= 11 is 0. The molecule has 2 aromatic carbocycles. The number of anilines is 1. The van der Waals surface area contributed by atoms with E-state index < -0.39 is 22.9 Å². The van der Waals surface area contributed by atoms with Gasteiger partial charge in [0.15, 0.2) is 6.10 Å². The van der Waals surface area contributed by atoms with Crippen molar-refractivity contribution < 1.29 is 28.7 Å². The number of hydrogen-bond donors (Lipinski definition) is 1. The van der Waals surface area contributed by atoms with E-state index in [0.717, 1.165) is 5.56 Å². The van der Waals surface area contributed by atoms with E-state index in [1.165, 1.54) is 32.2 Å². The van der Waals surface area contributed by atoms with Crippen LogP contribution in [-0.2, 0) is 20.7 Å². The highest BCUT2D eigenvalue weighted by molar-refractivity contribution is 5.97. The summed E-state index contributed by atoms with van der Waals surface area (Å²) in [5.74, 6) is -0.296. The molecule has 0 aliphatic heterocycles. The van der Waals surface area contributed by atoms with E-state index in [4.69, 9.17) is 14.2 Å². The molecule has 2 rings (SSSR count). The van der Waals surface area contributed by atoms with Gasteiger partial charge in [0.25, 0.3) is 11.6 Å². The summed E-state index contributed by atoms with van der Waals surface area (Å²) in [6.07, 6.45) is -0.677. The summed E-state index contributed by atoms with van der Waals surface area (Å²) in [6, 6.07) is 11.3. The van der Waals surface area contributed by atoms with Crippen molar-refractivity contribution in [2.24, 2.45) is 0 Å². The fourth-order valence-electron chi connectivity index (χ4n) is 2.59. The molecule has 0 radical (unpaired) electrons. The molecular formula is C20H22N2O7. The van der Waals surface area contributed by atoms with Crippen molar-refractivity contribution in [3.8, 4) is 11.5 Å². The van der Waals surface area contributed by atoms with E-state index in [-0.39, 0.29) is 23.5 Å². The van der Waals surface area contributed by atoms with E-state index in [0.29, 0.717) is 12.2 Å². The van der Waals surface area contributed by atoms with Crippen LogP contribution >= 0.6 is 0 Å². The number of carbonyl (C=O) groups excluding carboxylic acids is 2. The fraction of sp³-hybridized carbons (Fsp3) is 0.300. The number of benzene rings is 2. The van der Waals surface area contributed by atoms with E-state index in [1.54, 1.807) is 13.2 Å². The molecular weight excluding hydrogens is 380 g/mol. The number of nitrogens with zero attached hydrogens (tertiary/aromatic N) is 1. The molecule has 0 aromatic heterocycles. The first-order valence-corrected chi connectivity index (χ1v) is 8.80. The van der Waals surface area contributed by atoms with E-state index >= 15 is 0 Å². The van der Waals surface area contributed by atoms with Gasteiger partial charge in [-0.3, -0.25) is 19.7 Å². The molecule has 0 aliphatic carbocycles. The molecule has 0 heterocycles. The van der Waals surface area contributed by atoms with Crippen LogP contribution < -0.4 is 14.8 Å². The lowest BCUT2D eigenvalue weighted by Crippen LogP contribution is -2.30. The Kier molecular flexibility index (Phi) is 7.53. The van der Waals surface area contributed by atoms with Crippen LogP contribution in [0.1, 0.15) is 18.9 Å². The Morgan fingerprint density at radius 1 is 1.14 bits per heavy atom. The normalized spacial score (nSPS) is 11.3. The molecule has 1 amide bonds. The fourth-order valence-corrected chi connectivity index (χ4v) is 2.59. The number of nitrogens with one attached hydrogen (secondary N) is 1. The van der Waals surface area contributed by atoms with Crippen LogP contribution in [0.25, 0.3) is 0 Å². The molecule has 2 aromatic rings. The number of hydrogen-bond acceptors (Lipinski definition) is 7. The molecule has 9 nitrogen and oxygen atoms in total. The third-order valence-electron chi connectivity index (χ3n) is 4.13. The highest BCUT2D eigenvalue weighted by Gasteiger charge is 2.22. The molecule has 0 aliphatic rings. The smallest absolute Gasteiger partial charge is 0.306 e. The van der Waals surface area contributed by atoms with Gasteiger partial charge in [-0.2, -0.15) is 0 Å². The van der Waals surface area contributed by atoms with Crippen molar-refractivity contribution in [3.05, 3.63) is 58.1 Å². The van der Waals surface area contributed by atoms with Crippen LogP contribution in [0, 0.1) is 10.1 Å². The van der Waals surface area contributed by atoms with Crippen LogP contribution in [-0.4, -0.2) is 37.1 Å². The summed E-state index contributed by atoms with van der Waals surface area (Å²) < 4.78 is 15.3. The summed E-state index contributed by atoms with van der Waals surface area (Å²) in [5.41, 5.74) is 0.503. The number of esters is 1. The Morgan fingerprint density at radius 2 is 1.86 bits per heavy atom. The van der Waals surface area contributed by atoms with Crippen LogP contribution in [0.5, 0.6) is 11.5 Å². The second kappa shape index (κ2) is 10.1. The average Bonchev–Trinajstić information content (AvgIpc) is 2.72. The lowest BCUT2D eigenvalue weighted by molar-refractivity contribution is -0.384. The van der Waals surface area contributed by atoms with Crippen molar-refractivity contribution in [2.45, 2.75) is 25.9 Å². The highest BCUT2D eigenvalue weighted by atomic mass is 16.6. The van der Waals surface area contributed by atoms with Crippen LogP contribution in [0.4, 0.5) is 11.4 Å². The number of methoxy groups -OCH3 is 2. The van der Waals surface area contributed by atoms with Gasteiger partial charge in [-0.05, 0) is 37.1 Å². The molecule has 9 heteroatoms. The predicted molar refractivity (Wildman–Crippen MR) is 105 cm³/mol. The maximum Gasteiger partial charge on any atom is 0.306 e.